The van der Waals surface area contributed by atoms with Crippen molar-refractivity contribution in [2.75, 3.05) is 18.5 Å². The van der Waals surface area contributed by atoms with Crippen molar-refractivity contribution in [1.82, 2.24) is 10.3 Å². The monoisotopic (exact) mass is 401 g/mol. The number of anilines is 1. The fraction of sp³-hybridized carbons (Fsp3) is 0.250. The summed E-state index contributed by atoms with van der Waals surface area (Å²) >= 11 is 0. The van der Waals surface area contributed by atoms with Crippen LogP contribution in [0.15, 0.2) is 48.5 Å². The van der Waals surface area contributed by atoms with Gasteiger partial charge in [-0.2, -0.15) is 0 Å². The van der Waals surface area contributed by atoms with Gasteiger partial charge >= 0.3 is 0 Å². The predicted octanol–water partition coefficient (Wildman–Crippen LogP) is 4.04. The second kappa shape index (κ2) is 8.85. The molecule has 2 N–H and O–H groups in total. The van der Waals surface area contributed by atoms with Crippen LogP contribution in [0.5, 0.6) is 17.2 Å². The van der Waals surface area contributed by atoms with Crippen molar-refractivity contribution in [1.29, 1.82) is 0 Å². The quantitative estimate of drug-likeness (QED) is 0.610. The molecule has 1 saturated heterocycles. The number of hydrogen-bond donors (Lipinski definition) is 2. The molecule has 1 amide bonds. The van der Waals surface area contributed by atoms with Crippen molar-refractivity contribution in [2.45, 2.75) is 25.8 Å². The standard InChI is InChI=1S/C24H23N3O3/c1-3-13-29-23-14-16(2)26-21-11-10-19(15-20(21)23)30-18-8-6-17(7-9-18)27-24(28)22-5-4-12-25-22/h1,6-11,14-15,22,25H,4-5,12-13H2,2H3,(H,27,28)/t22-/m0/s1. The molecule has 1 fully saturated rings. The number of nitrogens with one attached hydrogen (secondary N) is 2. The van der Waals surface area contributed by atoms with Crippen molar-refractivity contribution in [2.24, 2.45) is 0 Å². The smallest absolute Gasteiger partial charge is 0.241 e. The summed E-state index contributed by atoms with van der Waals surface area (Å²) in [5.41, 5.74) is 2.41. The van der Waals surface area contributed by atoms with Crippen LogP contribution in [0, 0.1) is 19.3 Å². The summed E-state index contributed by atoms with van der Waals surface area (Å²) in [7, 11) is 0. The molecule has 30 heavy (non-hydrogen) atoms. The molecule has 6 nitrogen and oxygen atoms in total. The highest BCUT2D eigenvalue weighted by Gasteiger charge is 2.21. The van der Waals surface area contributed by atoms with E-state index in [1.807, 2.05) is 55.5 Å². The van der Waals surface area contributed by atoms with E-state index in [1.165, 1.54) is 0 Å². The molecule has 0 saturated carbocycles. The number of aromatic nitrogens is 1. The summed E-state index contributed by atoms with van der Waals surface area (Å²) in [5.74, 6) is 4.48. The van der Waals surface area contributed by atoms with Crippen LogP contribution in [-0.4, -0.2) is 30.1 Å². The SMILES string of the molecule is C#CCOc1cc(C)nc2ccc(Oc3ccc(NC(=O)[C@@H]4CCCN4)cc3)cc12. The first kappa shape index (κ1) is 19.7. The normalized spacial score (nSPS) is 15.5. The van der Waals surface area contributed by atoms with Crippen LogP contribution in [-0.2, 0) is 4.79 Å². The number of amides is 1. The second-order valence-corrected chi connectivity index (χ2v) is 7.20. The minimum Gasteiger partial charge on any atom is -0.480 e. The molecule has 1 atom stereocenters. The zero-order valence-corrected chi connectivity index (χ0v) is 16.8. The Labute approximate surface area is 175 Å². The van der Waals surface area contributed by atoms with Crippen LogP contribution < -0.4 is 20.1 Å². The third-order valence-electron chi connectivity index (χ3n) is 4.92. The largest absolute Gasteiger partial charge is 0.480 e. The average molecular weight is 401 g/mol. The molecule has 6 heteroatoms. The maximum absolute atomic E-state index is 12.2. The number of pyridine rings is 1. The molecule has 3 aromatic rings. The topological polar surface area (TPSA) is 72.5 Å². The van der Waals surface area contributed by atoms with Crippen LogP contribution in [0.3, 0.4) is 0 Å². The van der Waals surface area contributed by atoms with Crippen LogP contribution in [0.2, 0.25) is 0 Å². The Kier molecular flexibility index (Phi) is 5.82. The van der Waals surface area contributed by atoms with E-state index in [2.05, 4.69) is 21.5 Å². The number of terminal acetylenes is 1. The van der Waals surface area contributed by atoms with Gasteiger partial charge in [0.25, 0.3) is 0 Å². The Morgan fingerprint density at radius 2 is 2.03 bits per heavy atom. The lowest BCUT2D eigenvalue weighted by Crippen LogP contribution is -2.35. The van der Waals surface area contributed by atoms with E-state index < -0.39 is 0 Å². The minimum atomic E-state index is -0.110. The van der Waals surface area contributed by atoms with Crippen molar-refractivity contribution in [3.63, 3.8) is 0 Å². The van der Waals surface area contributed by atoms with Crippen LogP contribution in [0.25, 0.3) is 10.9 Å². The lowest BCUT2D eigenvalue weighted by Gasteiger charge is -2.12. The third-order valence-corrected chi connectivity index (χ3v) is 4.92. The number of aryl methyl sites for hydroxylation is 1. The first-order valence-electron chi connectivity index (χ1n) is 9.92. The number of ether oxygens (including phenoxy) is 2. The number of carbonyl (C=O) groups excluding carboxylic acids is 1. The second-order valence-electron chi connectivity index (χ2n) is 7.20. The molecule has 2 heterocycles. The Morgan fingerprint density at radius 3 is 2.77 bits per heavy atom. The number of nitrogens with zero attached hydrogens (tertiary/aromatic N) is 1. The Bertz CT molecular complexity index is 1100. The Balaban J connectivity index is 1.49. The molecule has 1 aliphatic heterocycles. The number of carbonyl (C=O) groups is 1. The van der Waals surface area contributed by atoms with Crippen LogP contribution in [0.4, 0.5) is 5.69 Å². The van der Waals surface area contributed by atoms with Gasteiger partial charge in [0.05, 0.1) is 11.6 Å². The fourth-order valence-corrected chi connectivity index (χ4v) is 3.48. The molecule has 4 rings (SSSR count). The van der Waals surface area contributed by atoms with Gasteiger partial charge in [-0.25, -0.2) is 0 Å². The van der Waals surface area contributed by atoms with E-state index in [1.54, 1.807) is 0 Å². The van der Waals surface area contributed by atoms with Gasteiger partial charge in [0.1, 0.15) is 23.9 Å². The van der Waals surface area contributed by atoms with Gasteiger partial charge in [0.15, 0.2) is 0 Å². The lowest BCUT2D eigenvalue weighted by atomic mass is 10.1. The summed E-state index contributed by atoms with van der Waals surface area (Å²) in [4.78, 5) is 16.7. The van der Waals surface area contributed by atoms with E-state index in [-0.39, 0.29) is 18.6 Å². The Morgan fingerprint density at radius 1 is 1.23 bits per heavy atom. The molecule has 1 aliphatic rings. The summed E-state index contributed by atoms with van der Waals surface area (Å²) in [6.45, 7) is 2.99. The van der Waals surface area contributed by atoms with Gasteiger partial charge < -0.3 is 20.1 Å². The van der Waals surface area contributed by atoms with Crippen molar-refractivity contribution >= 4 is 22.5 Å². The fourth-order valence-electron chi connectivity index (χ4n) is 3.48. The highest BCUT2D eigenvalue weighted by molar-refractivity contribution is 5.95. The Hall–Kier alpha value is -3.56. The van der Waals surface area contributed by atoms with Crippen molar-refractivity contribution in [3.05, 3.63) is 54.2 Å². The van der Waals surface area contributed by atoms with E-state index >= 15 is 0 Å². The molecule has 0 aliphatic carbocycles. The summed E-state index contributed by atoms with van der Waals surface area (Å²) in [5, 5.41) is 6.96. The van der Waals surface area contributed by atoms with Gasteiger partial charge in [-0.05, 0) is 68.8 Å². The number of rotatable bonds is 6. The summed E-state index contributed by atoms with van der Waals surface area (Å²) < 4.78 is 11.7. The minimum absolute atomic E-state index is 0.00186. The average Bonchev–Trinajstić information content (AvgIpc) is 3.29. The van der Waals surface area contributed by atoms with E-state index in [9.17, 15) is 4.79 Å². The first-order valence-corrected chi connectivity index (χ1v) is 9.92. The summed E-state index contributed by atoms with van der Waals surface area (Å²) in [6, 6.07) is 14.7. The van der Waals surface area contributed by atoms with Gasteiger partial charge in [-0.15, -0.1) is 6.42 Å². The van der Waals surface area contributed by atoms with E-state index in [4.69, 9.17) is 15.9 Å². The molecular weight excluding hydrogens is 378 g/mol. The van der Waals surface area contributed by atoms with Crippen molar-refractivity contribution in [3.8, 4) is 29.6 Å². The van der Waals surface area contributed by atoms with E-state index in [0.29, 0.717) is 17.2 Å². The van der Waals surface area contributed by atoms with Gasteiger partial charge in [-0.3, -0.25) is 9.78 Å². The van der Waals surface area contributed by atoms with E-state index in [0.717, 1.165) is 41.7 Å². The molecule has 1 aromatic heterocycles. The van der Waals surface area contributed by atoms with Gasteiger partial charge in [0, 0.05) is 22.8 Å². The highest BCUT2D eigenvalue weighted by Crippen LogP contribution is 2.31. The predicted molar refractivity (Wildman–Crippen MR) is 117 cm³/mol. The van der Waals surface area contributed by atoms with Crippen LogP contribution in [0.1, 0.15) is 18.5 Å². The highest BCUT2D eigenvalue weighted by atomic mass is 16.5. The van der Waals surface area contributed by atoms with Crippen molar-refractivity contribution < 1.29 is 14.3 Å². The molecule has 0 bridgehead atoms. The maximum atomic E-state index is 12.2. The molecular formula is C24H23N3O3. The molecule has 0 unspecified atom stereocenters. The molecule has 2 aromatic carbocycles. The van der Waals surface area contributed by atoms with Crippen LogP contribution >= 0.6 is 0 Å². The van der Waals surface area contributed by atoms with Gasteiger partial charge in [0.2, 0.25) is 5.91 Å². The lowest BCUT2D eigenvalue weighted by molar-refractivity contribution is -0.117. The third kappa shape index (κ3) is 4.53. The molecule has 152 valence electrons. The molecule has 0 spiro atoms. The maximum Gasteiger partial charge on any atom is 0.241 e. The molecule has 0 radical (unpaired) electrons. The van der Waals surface area contributed by atoms with Gasteiger partial charge in [-0.1, -0.05) is 5.92 Å². The zero-order chi connectivity index (χ0) is 20.9. The summed E-state index contributed by atoms with van der Waals surface area (Å²) in [6.07, 6.45) is 7.22. The first-order chi connectivity index (χ1) is 14.6. The number of benzene rings is 2. The number of hydrogen-bond acceptors (Lipinski definition) is 5. The zero-order valence-electron chi connectivity index (χ0n) is 16.8. The number of fused-ring (bicyclic) bond motifs is 1.